The van der Waals surface area contributed by atoms with E-state index in [1.54, 1.807) is 0 Å². The molecule has 1 aromatic heterocycles. The normalized spacial score (nSPS) is 17.2. The molecule has 7 heteroatoms. The Morgan fingerprint density at radius 3 is 2.63 bits per heavy atom. The molecule has 2 aromatic rings. The number of halogens is 1. The first kappa shape index (κ1) is 22.6. The van der Waals surface area contributed by atoms with Crippen molar-refractivity contribution in [2.75, 3.05) is 51.3 Å². The maximum Gasteiger partial charge on any atom is 0.194 e. The average Bonchev–Trinajstić information content (AvgIpc) is 2.81. The summed E-state index contributed by atoms with van der Waals surface area (Å²) in [6, 6.07) is 14.9. The number of nitrogens with zero attached hydrogens (tertiary/aromatic N) is 4. The summed E-state index contributed by atoms with van der Waals surface area (Å²) in [6.45, 7) is 5.91. The first-order valence-corrected chi connectivity index (χ1v) is 10.3. The van der Waals surface area contributed by atoms with E-state index in [-0.39, 0.29) is 24.0 Å². The van der Waals surface area contributed by atoms with E-state index in [1.807, 2.05) is 13.2 Å². The molecule has 0 amide bonds. The van der Waals surface area contributed by atoms with Crippen LogP contribution in [-0.2, 0) is 11.3 Å². The van der Waals surface area contributed by atoms with Crippen molar-refractivity contribution in [1.29, 1.82) is 0 Å². The Morgan fingerprint density at radius 1 is 1.13 bits per heavy atom. The number of anilines is 1. The van der Waals surface area contributed by atoms with Crippen LogP contribution in [0.15, 0.2) is 59.7 Å². The van der Waals surface area contributed by atoms with Gasteiger partial charge in [-0.1, -0.05) is 36.4 Å². The fourth-order valence-corrected chi connectivity index (χ4v) is 3.83. The number of aliphatic imine (C=N–C) groups is 1. The van der Waals surface area contributed by atoms with Crippen LogP contribution in [0.5, 0.6) is 0 Å². The van der Waals surface area contributed by atoms with Gasteiger partial charge < -0.3 is 19.9 Å². The highest BCUT2D eigenvalue weighted by atomic mass is 127. The molecule has 3 heterocycles. The number of hydrogen-bond acceptors (Lipinski definition) is 4. The van der Waals surface area contributed by atoms with Crippen LogP contribution in [0.25, 0.3) is 5.57 Å². The molecule has 0 atom stereocenters. The molecule has 1 saturated heterocycles. The van der Waals surface area contributed by atoms with Crippen LogP contribution in [0.2, 0.25) is 0 Å². The zero-order valence-corrected chi connectivity index (χ0v) is 19.8. The highest BCUT2D eigenvalue weighted by Crippen LogP contribution is 2.22. The number of rotatable bonds is 4. The van der Waals surface area contributed by atoms with Crippen LogP contribution in [0.4, 0.5) is 5.82 Å². The predicted molar refractivity (Wildman–Crippen MR) is 133 cm³/mol. The van der Waals surface area contributed by atoms with Crippen molar-refractivity contribution in [1.82, 2.24) is 15.2 Å². The molecule has 0 spiro atoms. The average molecular weight is 519 g/mol. The lowest BCUT2D eigenvalue weighted by atomic mass is 10.00. The van der Waals surface area contributed by atoms with Gasteiger partial charge in [-0.3, -0.25) is 4.99 Å². The van der Waals surface area contributed by atoms with Gasteiger partial charge in [-0.15, -0.1) is 24.0 Å². The molecule has 160 valence electrons. The number of guanidine groups is 1. The molecule has 0 aliphatic carbocycles. The number of benzene rings is 1. The van der Waals surface area contributed by atoms with E-state index in [9.17, 15) is 0 Å². The fraction of sp³-hybridized carbons (Fsp3) is 0.391. The highest BCUT2D eigenvalue weighted by molar-refractivity contribution is 14.0. The van der Waals surface area contributed by atoms with Gasteiger partial charge in [-0.05, 0) is 35.3 Å². The van der Waals surface area contributed by atoms with E-state index in [2.05, 4.69) is 73.6 Å². The molecule has 1 fully saturated rings. The maximum atomic E-state index is 5.44. The Kier molecular flexibility index (Phi) is 8.50. The van der Waals surface area contributed by atoms with Crippen molar-refractivity contribution in [3.63, 3.8) is 0 Å². The summed E-state index contributed by atoms with van der Waals surface area (Å²) < 4.78 is 5.44. The molecule has 0 bridgehead atoms. The lowest BCUT2D eigenvalue weighted by Crippen LogP contribution is -2.43. The molecule has 30 heavy (non-hydrogen) atoms. The first-order chi connectivity index (χ1) is 14.3. The second-order valence-corrected chi connectivity index (χ2v) is 7.31. The van der Waals surface area contributed by atoms with Crippen LogP contribution in [0, 0.1) is 0 Å². The molecule has 0 saturated carbocycles. The van der Waals surface area contributed by atoms with Gasteiger partial charge in [-0.2, -0.15) is 0 Å². The van der Waals surface area contributed by atoms with Crippen molar-refractivity contribution in [3.8, 4) is 0 Å². The molecular formula is C23H30IN5O. The molecule has 0 unspecified atom stereocenters. The first-order valence-electron chi connectivity index (χ1n) is 10.3. The lowest BCUT2D eigenvalue weighted by molar-refractivity contribution is 0.122. The third kappa shape index (κ3) is 5.72. The van der Waals surface area contributed by atoms with Gasteiger partial charge in [0, 0.05) is 46.0 Å². The Hall–Kier alpha value is -2.13. The van der Waals surface area contributed by atoms with Crippen LogP contribution in [0.3, 0.4) is 0 Å². The molecule has 1 aromatic carbocycles. The van der Waals surface area contributed by atoms with Gasteiger partial charge in [0.2, 0.25) is 0 Å². The molecule has 2 aliphatic heterocycles. The summed E-state index contributed by atoms with van der Waals surface area (Å²) in [7, 11) is 1.85. The Morgan fingerprint density at radius 2 is 1.93 bits per heavy atom. The third-order valence-corrected chi connectivity index (χ3v) is 5.46. The smallest absolute Gasteiger partial charge is 0.194 e. The molecule has 6 nitrogen and oxygen atoms in total. The van der Waals surface area contributed by atoms with E-state index in [0.29, 0.717) is 0 Å². The number of nitrogens with one attached hydrogen (secondary N) is 1. The van der Waals surface area contributed by atoms with E-state index in [0.717, 1.165) is 64.1 Å². The Bertz CT molecular complexity index is 865. The monoisotopic (exact) mass is 519 g/mol. The van der Waals surface area contributed by atoms with Crippen LogP contribution >= 0.6 is 24.0 Å². The topological polar surface area (TPSA) is 53.0 Å². The SMILES string of the molecule is CN=C(NCc1ccnc(N2CCOCC2)c1)N1CC=C(c2ccccc2)CC1.I. The number of morpholine rings is 1. The molecule has 2 aliphatic rings. The summed E-state index contributed by atoms with van der Waals surface area (Å²) in [5, 5.41) is 3.52. The van der Waals surface area contributed by atoms with Gasteiger partial charge in [0.25, 0.3) is 0 Å². The Balaban J connectivity index is 0.00000256. The molecule has 0 radical (unpaired) electrons. The van der Waals surface area contributed by atoms with Crippen LogP contribution in [0.1, 0.15) is 17.5 Å². The van der Waals surface area contributed by atoms with Crippen LogP contribution in [-0.4, -0.2) is 62.3 Å². The summed E-state index contributed by atoms with van der Waals surface area (Å²) in [5.41, 5.74) is 3.95. The maximum absolute atomic E-state index is 5.44. The molecular weight excluding hydrogens is 489 g/mol. The van der Waals surface area contributed by atoms with E-state index in [4.69, 9.17) is 4.74 Å². The van der Waals surface area contributed by atoms with Crippen molar-refractivity contribution in [2.24, 2.45) is 4.99 Å². The minimum atomic E-state index is 0. The largest absolute Gasteiger partial charge is 0.378 e. The zero-order valence-electron chi connectivity index (χ0n) is 17.5. The number of aromatic nitrogens is 1. The van der Waals surface area contributed by atoms with Gasteiger partial charge in [0.05, 0.1) is 13.2 Å². The van der Waals surface area contributed by atoms with Gasteiger partial charge in [-0.25, -0.2) is 4.98 Å². The lowest BCUT2D eigenvalue weighted by Gasteiger charge is -2.30. The van der Waals surface area contributed by atoms with Gasteiger partial charge in [0.1, 0.15) is 5.82 Å². The minimum Gasteiger partial charge on any atom is -0.378 e. The number of hydrogen-bond donors (Lipinski definition) is 1. The second kappa shape index (κ2) is 11.3. The van der Waals surface area contributed by atoms with Crippen LogP contribution < -0.4 is 10.2 Å². The second-order valence-electron chi connectivity index (χ2n) is 7.31. The minimum absolute atomic E-state index is 0. The van der Waals surface area contributed by atoms with E-state index < -0.39 is 0 Å². The van der Waals surface area contributed by atoms with Crippen molar-refractivity contribution < 1.29 is 4.74 Å². The quantitative estimate of drug-likeness (QED) is 0.382. The summed E-state index contributed by atoms with van der Waals surface area (Å²) in [6.07, 6.45) is 5.23. The third-order valence-electron chi connectivity index (χ3n) is 5.46. The predicted octanol–water partition coefficient (Wildman–Crippen LogP) is 3.40. The highest BCUT2D eigenvalue weighted by Gasteiger charge is 2.17. The van der Waals surface area contributed by atoms with Crippen molar-refractivity contribution >= 4 is 41.3 Å². The Labute approximate surface area is 196 Å². The van der Waals surface area contributed by atoms with Gasteiger partial charge >= 0.3 is 0 Å². The summed E-state index contributed by atoms with van der Waals surface area (Å²) in [4.78, 5) is 13.6. The van der Waals surface area contributed by atoms with Crippen molar-refractivity contribution in [3.05, 3.63) is 65.9 Å². The molecule has 1 N–H and O–H groups in total. The summed E-state index contributed by atoms with van der Waals surface area (Å²) in [5.74, 6) is 1.97. The zero-order chi connectivity index (χ0) is 19.9. The van der Waals surface area contributed by atoms with Crippen molar-refractivity contribution in [2.45, 2.75) is 13.0 Å². The standard InChI is InChI=1S/C23H29N5O.HI/c1-24-23(28-11-8-21(9-12-28)20-5-3-2-4-6-20)26-18-19-7-10-25-22(17-19)27-13-15-29-16-14-27;/h2-8,10,17H,9,11-16,18H2,1H3,(H,24,26);1H. The van der Waals surface area contributed by atoms with Gasteiger partial charge in [0.15, 0.2) is 5.96 Å². The fourth-order valence-electron chi connectivity index (χ4n) is 3.83. The van der Waals surface area contributed by atoms with E-state index in [1.165, 1.54) is 16.7 Å². The molecule has 4 rings (SSSR count). The summed E-state index contributed by atoms with van der Waals surface area (Å²) >= 11 is 0. The van der Waals surface area contributed by atoms with E-state index >= 15 is 0 Å². The number of pyridine rings is 1. The number of ether oxygens (including phenoxy) is 1.